The van der Waals surface area contributed by atoms with Crippen molar-refractivity contribution in [3.8, 4) is 0 Å². The minimum absolute atomic E-state index is 0.101. The van der Waals surface area contributed by atoms with E-state index in [0.717, 1.165) is 18.4 Å². The molecule has 0 saturated heterocycles. The van der Waals surface area contributed by atoms with Gasteiger partial charge in [-0.25, -0.2) is 8.42 Å². The van der Waals surface area contributed by atoms with Crippen molar-refractivity contribution in [2.75, 3.05) is 37.2 Å². The molecule has 1 amide bonds. The second-order valence-corrected chi connectivity index (χ2v) is 7.88. The highest BCUT2D eigenvalue weighted by molar-refractivity contribution is 7.90. The molecule has 0 saturated carbocycles. The van der Waals surface area contributed by atoms with Gasteiger partial charge in [-0.05, 0) is 19.1 Å². The molecule has 1 rings (SSSR count). The summed E-state index contributed by atoms with van der Waals surface area (Å²) in [5, 5.41) is 13.6. The van der Waals surface area contributed by atoms with E-state index in [1.165, 1.54) is 7.11 Å². The Morgan fingerprint density at radius 3 is 2.38 bits per heavy atom. The van der Waals surface area contributed by atoms with Gasteiger partial charge in [-0.1, -0.05) is 11.6 Å². The summed E-state index contributed by atoms with van der Waals surface area (Å²) >= 11 is 6.06. The van der Waals surface area contributed by atoms with Crippen molar-refractivity contribution < 1.29 is 36.2 Å². The topological polar surface area (TPSA) is 105 Å². The summed E-state index contributed by atoms with van der Waals surface area (Å²) in [5.41, 5.74) is -4.06. The molecule has 0 aliphatic heterocycles. The third kappa shape index (κ3) is 5.00. The van der Waals surface area contributed by atoms with E-state index in [4.69, 9.17) is 16.3 Å². The highest BCUT2D eigenvalue weighted by Crippen LogP contribution is 2.37. The number of anilines is 2. The molecule has 148 valence electrons. The molecule has 1 aromatic carbocycles. The molecule has 1 unspecified atom stereocenters. The van der Waals surface area contributed by atoms with Crippen LogP contribution >= 0.6 is 11.6 Å². The number of alkyl halides is 3. The van der Waals surface area contributed by atoms with Crippen molar-refractivity contribution in [3.05, 3.63) is 17.2 Å². The summed E-state index contributed by atoms with van der Waals surface area (Å²) in [7, 11) is -2.31. The Hall–Kier alpha value is -1.56. The Labute approximate surface area is 153 Å². The molecule has 7 nitrogen and oxygen atoms in total. The fourth-order valence-corrected chi connectivity index (χ4v) is 2.97. The number of halogens is 4. The summed E-state index contributed by atoms with van der Waals surface area (Å²) in [6.07, 6.45) is -4.29. The third-order valence-corrected chi connectivity index (χ3v) is 4.89. The number of nitrogens with one attached hydrogen (secondary N) is 2. The van der Waals surface area contributed by atoms with Gasteiger partial charge in [-0.2, -0.15) is 13.2 Å². The Balaban J connectivity index is 3.30. The number of rotatable bonds is 7. The summed E-state index contributed by atoms with van der Waals surface area (Å²) in [4.78, 5) is 11.6. The van der Waals surface area contributed by atoms with E-state index in [-0.39, 0.29) is 34.4 Å². The number of methoxy groups -OCH3 is 1. The molecular formula is C14H18ClF3N2O5S. The predicted octanol–water partition coefficient (Wildman–Crippen LogP) is 2.05. The first-order valence-electron chi connectivity index (χ1n) is 7.09. The maximum atomic E-state index is 12.7. The van der Waals surface area contributed by atoms with Crippen LogP contribution in [0, 0.1) is 0 Å². The van der Waals surface area contributed by atoms with Crippen LogP contribution in [-0.2, 0) is 19.4 Å². The molecule has 0 spiro atoms. The normalized spacial score (nSPS) is 14.6. The summed E-state index contributed by atoms with van der Waals surface area (Å²) < 4.78 is 66.8. The van der Waals surface area contributed by atoms with Crippen LogP contribution in [0.25, 0.3) is 0 Å². The molecule has 1 atom stereocenters. The number of aliphatic hydroxyl groups is 1. The lowest BCUT2D eigenvalue weighted by molar-refractivity contribution is -0.242. The van der Waals surface area contributed by atoms with E-state index in [0.29, 0.717) is 6.92 Å². The Kier molecular flexibility index (Phi) is 6.91. The molecular weight excluding hydrogens is 401 g/mol. The second-order valence-electron chi connectivity index (χ2n) is 5.52. The van der Waals surface area contributed by atoms with Crippen molar-refractivity contribution in [2.45, 2.75) is 23.6 Å². The van der Waals surface area contributed by atoms with Gasteiger partial charge < -0.3 is 20.5 Å². The van der Waals surface area contributed by atoms with E-state index in [9.17, 15) is 31.5 Å². The fraction of sp³-hybridized carbons (Fsp3) is 0.500. The van der Waals surface area contributed by atoms with Gasteiger partial charge in [0.15, 0.2) is 9.84 Å². The van der Waals surface area contributed by atoms with Gasteiger partial charge >= 0.3 is 6.18 Å². The lowest BCUT2D eigenvalue weighted by Crippen LogP contribution is -2.52. The number of carbonyl (C=O) groups is 1. The van der Waals surface area contributed by atoms with E-state index in [1.54, 1.807) is 0 Å². The fourth-order valence-electron chi connectivity index (χ4n) is 1.78. The van der Waals surface area contributed by atoms with Crippen LogP contribution in [0.5, 0.6) is 0 Å². The molecule has 0 radical (unpaired) electrons. The first-order valence-corrected chi connectivity index (χ1v) is 9.36. The van der Waals surface area contributed by atoms with Gasteiger partial charge in [0.1, 0.15) is 0 Å². The van der Waals surface area contributed by atoms with E-state index in [2.05, 4.69) is 5.32 Å². The number of carbonyl (C=O) groups excluding carboxylic acids is 1. The van der Waals surface area contributed by atoms with Crippen molar-refractivity contribution >= 4 is 38.7 Å². The van der Waals surface area contributed by atoms with Gasteiger partial charge in [0, 0.05) is 19.9 Å². The molecule has 12 heteroatoms. The average molecular weight is 419 g/mol. The maximum Gasteiger partial charge on any atom is 0.426 e. The first-order chi connectivity index (χ1) is 11.7. The monoisotopic (exact) mass is 418 g/mol. The van der Waals surface area contributed by atoms with Gasteiger partial charge in [0.2, 0.25) is 5.60 Å². The quantitative estimate of drug-likeness (QED) is 0.585. The van der Waals surface area contributed by atoms with Crippen LogP contribution < -0.4 is 10.6 Å². The van der Waals surface area contributed by atoms with Crippen LogP contribution in [0.2, 0.25) is 5.02 Å². The van der Waals surface area contributed by atoms with Gasteiger partial charge in [0.05, 0.1) is 27.9 Å². The Morgan fingerprint density at radius 1 is 1.35 bits per heavy atom. The SMILES string of the molecule is COCCNc1c(S(C)(=O)=O)ccc(NC(=O)C(C)(O)C(F)(F)F)c1Cl. The maximum absolute atomic E-state index is 12.7. The predicted molar refractivity (Wildman–Crippen MR) is 90.2 cm³/mol. The summed E-state index contributed by atoms with van der Waals surface area (Å²) in [6, 6.07) is 2.11. The Morgan fingerprint density at radius 2 is 1.92 bits per heavy atom. The van der Waals surface area contributed by atoms with E-state index in [1.807, 2.05) is 5.32 Å². The van der Waals surface area contributed by atoms with Crippen LogP contribution in [0.15, 0.2) is 17.0 Å². The number of hydrogen-bond donors (Lipinski definition) is 3. The zero-order valence-corrected chi connectivity index (χ0v) is 15.6. The van der Waals surface area contributed by atoms with Crippen LogP contribution in [-0.4, -0.2) is 57.7 Å². The number of benzene rings is 1. The van der Waals surface area contributed by atoms with Gasteiger partial charge in [0.25, 0.3) is 5.91 Å². The first kappa shape index (κ1) is 22.5. The highest BCUT2D eigenvalue weighted by atomic mass is 35.5. The van der Waals surface area contributed by atoms with Crippen LogP contribution in [0.1, 0.15) is 6.92 Å². The van der Waals surface area contributed by atoms with Gasteiger partial charge in [-0.15, -0.1) is 0 Å². The molecule has 0 heterocycles. The van der Waals surface area contributed by atoms with Crippen molar-refractivity contribution in [1.82, 2.24) is 0 Å². The zero-order valence-electron chi connectivity index (χ0n) is 14.1. The molecule has 0 aromatic heterocycles. The smallest absolute Gasteiger partial charge is 0.383 e. The molecule has 3 N–H and O–H groups in total. The summed E-state index contributed by atoms with van der Waals surface area (Å²) in [5.74, 6) is -1.76. The summed E-state index contributed by atoms with van der Waals surface area (Å²) in [6.45, 7) is 0.633. The van der Waals surface area contributed by atoms with Crippen LogP contribution in [0.3, 0.4) is 0 Å². The minimum Gasteiger partial charge on any atom is -0.383 e. The highest BCUT2D eigenvalue weighted by Gasteiger charge is 2.55. The van der Waals surface area contributed by atoms with Crippen molar-refractivity contribution in [3.63, 3.8) is 0 Å². The minimum atomic E-state index is -5.21. The molecule has 1 aromatic rings. The van der Waals surface area contributed by atoms with Crippen LogP contribution in [0.4, 0.5) is 24.5 Å². The van der Waals surface area contributed by atoms with Crippen molar-refractivity contribution in [1.29, 1.82) is 0 Å². The van der Waals surface area contributed by atoms with E-state index >= 15 is 0 Å². The molecule has 0 bridgehead atoms. The zero-order chi connectivity index (χ0) is 20.3. The lowest BCUT2D eigenvalue weighted by Gasteiger charge is -2.25. The van der Waals surface area contributed by atoms with Crippen molar-refractivity contribution in [2.24, 2.45) is 0 Å². The molecule has 0 fully saturated rings. The molecule has 0 aliphatic carbocycles. The van der Waals surface area contributed by atoms with E-state index < -0.39 is 27.5 Å². The largest absolute Gasteiger partial charge is 0.426 e. The number of sulfone groups is 1. The standard InChI is InChI=1S/C14H18ClF3N2O5S/c1-13(22,14(16,17)18)12(21)20-8-4-5-9(26(3,23)24)11(10(8)15)19-6-7-25-2/h4-5,19,22H,6-7H2,1-3H3,(H,20,21). The Bertz CT molecular complexity index is 782. The average Bonchev–Trinajstić information content (AvgIpc) is 2.48. The van der Waals surface area contributed by atoms with Gasteiger partial charge in [-0.3, -0.25) is 4.79 Å². The molecule has 0 aliphatic rings. The molecule has 26 heavy (non-hydrogen) atoms. The number of amides is 1. The third-order valence-electron chi connectivity index (χ3n) is 3.35. The second kappa shape index (κ2) is 7.99. The lowest BCUT2D eigenvalue weighted by atomic mass is 10.1. The number of ether oxygens (including phenoxy) is 1. The number of hydrogen-bond acceptors (Lipinski definition) is 6.